The number of benzene rings is 1. The summed E-state index contributed by atoms with van der Waals surface area (Å²) in [6.45, 7) is 0.928. The highest BCUT2D eigenvalue weighted by Gasteiger charge is 2.53. The Hall–Kier alpha value is -3.50. The molecule has 1 aromatic carbocycles. The third kappa shape index (κ3) is 4.96. The molecule has 174 valence electrons. The molecule has 11 heteroatoms. The van der Waals surface area contributed by atoms with Gasteiger partial charge in [0, 0.05) is 25.9 Å². The number of carbonyl (C=O) groups excluding carboxylic acids is 2. The first-order valence-electron chi connectivity index (χ1n) is 10.3. The second-order valence-electron chi connectivity index (χ2n) is 8.04. The molecule has 2 aromatic rings. The second-order valence-corrected chi connectivity index (χ2v) is 8.04. The summed E-state index contributed by atoms with van der Waals surface area (Å²) in [5.41, 5.74) is 3.62. The minimum Gasteiger partial charge on any atom is -0.444 e. The molecular formula is C22H20F4N4O3. The summed E-state index contributed by atoms with van der Waals surface area (Å²) in [6.07, 6.45) is -1.51. The first kappa shape index (κ1) is 22.7. The Labute approximate surface area is 186 Å². The lowest BCUT2D eigenvalue weighted by atomic mass is 9.98. The highest BCUT2D eigenvalue weighted by molar-refractivity contribution is 5.93. The van der Waals surface area contributed by atoms with Crippen molar-refractivity contribution in [1.29, 1.82) is 0 Å². The van der Waals surface area contributed by atoms with Crippen LogP contribution in [0.5, 0.6) is 0 Å². The summed E-state index contributed by atoms with van der Waals surface area (Å²) in [5.74, 6) is -1.73. The Bertz CT molecular complexity index is 1100. The van der Waals surface area contributed by atoms with Crippen LogP contribution in [0.4, 0.5) is 23.4 Å². The molecule has 7 nitrogen and oxygen atoms in total. The molecule has 4 rings (SSSR count). The van der Waals surface area contributed by atoms with Gasteiger partial charge in [0.05, 0.1) is 5.56 Å². The molecule has 1 aliphatic heterocycles. The van der Waals surface area contributed by atoms with Crippen molar-refractivity contribution in [3.8, 4) is 0 Å². The molecule has 1 aliphatic carbocycles. The highest BCUT2D eigenvalue weighted by Crippen LogP contribution is 2.39. The van der Waals surface area contributed by atoms with Gasteiger partial charge in [-0.1, -0.05) is 11.6 Å². The van der Waals surface area contributed by atoms with Gasteiger partial charge in [-0.2, -0.15) is 13.2 Å². The number of piperidine rings is 1. The average molecular weight is 464 g/mol. The standard InChI is InChI=1S/C22H20F4N4O3/c23-15-1-2-16(22(24,25)26)14(12-15)11-13-5-9-30(10-6-13)18-4-3-17(28-29-18)19(31)33-21(7-8-21)20(27)32/h1-4,11-12H,5-10H2,(H2,27,32). The van der Waals surface area contributed by atoms with Crippen LogP contribution in [0.25, 0.3) is 6.08 Å². The number of primary amides is 1. The van der Waals surface area contributed by atoms with Gasteiger partial charge in [0.25, 0.3) is 5.91 Å². The topological polar surface area (TPSA) is 98.4 Å². The maximum Gasteiger partial charge on any atom is 0.416 e. The molecule has 0 unspecified atom stereocenters. The number of hydrogen-bond acceptors (Lipinski definition) is 6. The molecule has 1 saturated carbocycles. The Balaban J connectivity index is 1.40. The van der Waals surface area contributed by atoms with E-state index in [1.807, 2.05) is 4.90 Å². The third-order valence-electron chi connectivity index (χ3n) is 5.71. The largest absolute Gasteiger partial charge is 0.444 e. The van der Waals surface area contributed by atoms with Crippen molar-refractivity contribution in [2.24, 2.45) is 5.73 Å². The number of alkyl halides is 3. The Kier molecular flexibility index (Phi) is 5.81. The molecule has 2 aliphatic rings. The first-order chi connectivity index (χ1) is 15.6. The van der Waals surface area contributed by atoms with Crippen LogP contribution in [0.1, 0.15) is 47.3 Å². The van der Waals surface area contributed by atoms with Crippen molar-refractivity contribution in [3.05, 3.63) is 58.5 Å². The molecule has 0 radical (unpaired) electrons. The number of nitrogens with two attached hydrogens (primary N) is 1. The highest BCUT2D eigenvalue weighted by atomic mass is 19.4. The fraction of sp³-hybridized carbons (Fsp3) is 0.364. The van der Waals surface area contributed by atoms with Gasteiger partial charge in [-0.15, -0.1) is 10.2 Å². The van der Waals surface area contributed by atoms with Gasteiger partial charge in [0.1, 0.15) is 5.82 Å². The van der Waals surface area contributed by atoms with E-state index in [1.54, 1.807) is 6.07 Å². The molecule has 2 heterocycles. The summed E-state index contributed by atoms with van der Waals surface area (Å²) in [7, 11) is 0. The van der Waals surface area contributed by atoms with Gasteiger partial charge in [-0.3, -0.25) is 4.79 Å². The number of ether oxygens (including phenoxy) is 1. The lowest BCUT2D eigenvalue weighted by Gasteiger charge is -2.29. The van der Waals surface area contributed by atoms with Crippen LogP contribution in [-0.2, 0) is 15.7 Å². The number of anilines is 1. The van der Waals surface area contributed by atoms with E-state index in [0.29, 0.717) is 44.6 Å². The van der Waals surface area contributed by atoms with Crippen LogP contribution >= 0.6 is 0 Å². The number of halogens is 4. The number of aromatic nitrogens is 2. The van der Waals surface area contributed by atoms with Gasteiger partial charge in [-0.25, -0.2) is 9.18 Å². The average Bonchev–Trinajstić information content (AvgIpc) is 3.54. The number of esters is 1. The van der Waals surface area contributed by atoms with E-state index >= 15 is 0 Å². The molecule has 1 aromatic heterocycles. The summed E-state index contributed by atoms with van der Waals surface area (Å²) in [5, 5.41) is 7.89. The second kappa shape index (κ2) is 8.45. The van der Waals surface area contributed by atoms with Gasteiger partial charge in [0.2, 0.25) is 0 Å². The molecule has 0 bridgehead atoms. The van der Waals surface area contributed by atoms with Crippen LogP contribution < -0.4 is 10.6 Å². The minimum atomic E-state index is -4.57. The van der Waals surface area contributed by atoms with E-state index in [4.69, 9.17) is 10.5 Å². The summed E-state index contributed by atoms with van der Waals surface area (Å²) < 4.78 is 58.3. The van der Waals surface area contributed by atoms with E-state index in [2.05, 4.69) is 10.2 Å². The monoisotopic (exact) mass is 464 g/mol. The fourth-order valence-electron chi connectivity index (χ4n) is 3.64. The van der Waals surface area contributed by atoms with Crippen molar-refractivity contribution >= 4 is 23.8 Å². The van der Waals surface area contributed by atoms with Crippen LogP contribution in [0.15, 0.2) is 35.9 Å². The normalized spacial score (nSPS) is 17.5. The van der Waals surface area contributed by atoms with E-state index in [-0.39, 0.29) is 11.3 Å². The van der Waals surface area contributed by atoms with E-state index in [0.717, 1.165) is 23.8 Å². The van der Waals surface area contributed by atoms with Crippen molar-refractivity contribution in [2.75, 3.05) is 18.0 Å². The van der Waals surface area contributed by atoms with Crippen molar-refractivity contribution in [3.63, 3.8) is 0 Å². The zero-order chi connectivity index (χ0) is 23.8. The van der Waals surface area contributed by atoms with Crippen molar-refractivity contribution < 1.29 is 31.9 Å². The lowest BCUT2D eigenvalue weighted by Crippen LogP contribution is -2.35. The SMILES string of the molecule is NC(=O)C1(OC(=O)c2ccc(N3CCC(=Cc4cc(F)ccc4C(F)(F)F)CC3)nn2)CC1. The van der Waals surface area contributed by atoms with Crippen LogP contribution in [0.3, 0.4) is 0 Å². The minimum absolute atomic E-state index is 0.0605. The number of carbonyl (C=O) groups is 2. The zero-order valence-corrected chi connectivity index (χ0v) is 17.4. The maximum atomic E-state index is 13.5. The Morgan fingerprint density at radius 3 is 2.33 bits per heavy atom. The molecule has 33 heavy (non-hydrogen) atoms. The quantitative estimate of drug-likeness (QED) is 0.537. The van der Waals surface area contributed by atoms with Crippen molar-refractivity contribution in [1.82, 2.24) is 10.2 Å². The molecule has 1 amide bonds. The van der Waals surface area contributed by atoms with E-state index < -0.39 is 35.0 Å². The Morgan fingerprint density at radius 1 is 1.09 bits per heavy atom. The fourth-order valence-corrected chi connectivity index (χ4v) is 3.64. The van der Waals surface area contributed by atoms with Crippen LogP contribution in [-0.4, -0.2) is 40.8 Å². The smallest absolute Gasteiger partial charge is 0.416 e. The van der Waals surface area contributed by atoms with Gasteiger partial charge < -0.3 is 15.4 Å². The molecule has 0 spiro atoms. The molecule has 2 N–H and O–H groups in total. The number of hydrogen-bond donors (Lipinski definition) is 1. The third-order valence-corrected chi connectivity index (χ3v) is 5.71. The first-order valence-corrected chi connectivity index (χ1v) is 10.3. The predicted octanol–water partition coefficient (Wildman–Crippen LogP) is 3.49. The lowest BCUT2D eigenvalue weighted by molar-refractivity contribution is -0.137. The molecular weight excluding hydrogens is 444 g/mol. The van der Waals surface area contributed by atoms with E-state index in [1.165, 1.54) is 12.1 Å². The predicted molar refractivity (Wildman–Crippen MR) is 109 cm³/mol. The molecule has 2 fully saturated rings. The summed E-state index contributed by atoms with van der Waals surface area (Å²) >= 11 is 0. The number of nitrogens with zero attached hydrogens (tertiary/aromatic N) is 3. The van der Waals surface area contributed by atoms with Gasteiger partial charge in [0.15, 0.2) is 17.1 Å². The van der Waals surface area contributed by atoms with Gasteiger partial charge in [-0.05, 0) is 48.7 Å². The van der Waals surface area contributed by atoms with Crippen LogP contribution in [0.2, 0.25) is 0 Å². The number of amides is 1. The van der Waals surface area contributed by atoms with Crippen molar-refractivity contribution in [2.45, 2.75) is 37.5 Å². The summed E-state index contributed by atoms with van der Waals surface area (Å²) in [4.78, 5) is 25.4. The Morgan fingerprint density at radius 2 is 1.79 bits per heavy atom. The molecule has 1 saturated heterocycles. The van der Waals surface area contributed by atoms with Gasteiger partial charge >= 0.3 is 12.1 Å². The number of rotatable bonds is 5. The van der Waals surface area contributed by atoms with E-state index in [9.17, 15) is 27.2 Å². The zero-order valence-electron chi connectivity index (χ0n) is 17.4. The summed E-state index contributed by atoms with van der Waals surface area (Å²) in [6, 6.07) is 5.43. The van der Waals surface area contributed by atoms with Crippen LogP contribution in [0, 0.1) is 5.82 Å². The maximum absolute atomic E-state index is 13.5. The molecule has 0 atom stereocenters.